The van der Waals surface area contributed by atoms with Crippen LogP contribution >= 0.6 is 0 Å². The van der Waals surface area contributed by atoms with Crippen LogP contribution in [0.2, 0.25) is 0 Å². The Bertz CT molecular complexity index is 400. The number of carbonyl (C=O) groups is 1. The number of carboxylic acid groups (broad SMARTS) is 1. The van der Waals surface area contributed by atoms with E-state index < -0.39 is 5.97 Å². The predicted octanol–water partition coefficient (Wildman–Crippen LogP) is 1.67. The van der Waals surface area contributed by atoms with Crippen molar-refractivity contribution in [2.24, 2.45) is 5.41 Å². The first kappa shape index (κ1) is 11.1. The van der Waals surface area contributed by atoms with Crippen LogP contribution in [0.15, 0.2) is 18.2 Å². The Morgan fingerprint density at radius 2 is 2.31 bits per heavy atom. The van der Waals surface area contributed by atoms with E-state index >= 15 is 0 Å². The fraction of sp³-hybridized carbons (Fsp3) is 0.500. The zero-order valence-corrected chi connectivity index (χ0v) is 9.36. The third-order valence-corrected chi connectivity index (χ3v) is 2.99. The van der Waals surface area contributed by atoms with Gasteiger partial charge in [0.05, 0.1) is 5.69 Å². The number of aromatic nitrogens is 1. The number of nitrogens with zero attached hydrogens (tertiary/aromatic N) is 1. The monoisotopic (exact) mass is 220 g/mol. The fourth-order valence-electron chi connectivity index (χ4n) is 1.58. The van der Waals surface area contributed by atoms with Gasteiger partial charge in [0.1, 0.15) is 5.69 Å². The number of pyridine rings is 1. The van der Waals surface area contributed by atoms with Gasteiger partial charge in [-0.1, -0.05) is 13.0 Å². The number of nitrogens with one attached hydrogen (secondary N) is 1. The lowest BCUT2D eigenvalue weighted by atomic mass is 10.1. The molecule has 2 rings (SSSR count). The minimum Gasteiger partial charge on any atom is -0.477 e. The van der Waals surface area contributed by atoms with Gasteiger partial charge in [-0.3, -0.25) is 0 Å². The molecular weight excluding hydrogens is 204 g/mol. The summed E-state index contributed by atoms with van der Waals surface area (Å²) in [7, 11) is 0. The van der Waals surface area contributed by atoms with Gasteiger partial charge in [-0.2, -0.15) is 0 Å². The van der Waals surface area contributed by atoms with E-state index in [4.69, 9.17) is 5.11 Å². The van der Waals surface area contributed by atoms with E-state index in [-0.39, 0.29) is 5.69 Å². The van der Waals surface area contributed by atoms with Crippen molar-refractivity contribution in [2.45, 2.75) is 26.3 Å². The van der Waals surface area contributed by atoms with Gasteiger partial charge in [0, 0.05) is 13.1 Å². The van der Waals surface area contributed by atoms with Crippen LogP contribution in [0.25, 0.3) is 0 Å². The molecule has 0 aromatic carbocycles. The molecule has 2 N–H and O–H groups in total. The number of carboxylic acids is 1. The molecule has 1 aromatic heterocycles. The van der Waals surface area contributed by atoms with Crippen LogP contribution in [0.4, 0.5) is 0 Å². The molecule has 0 unspecified atom stereocenters. The molecule has 4 nitrogen and oxygen atoms in total. The molecule has 1 aliphatic rings. The van der Waals surface area contributed by atoms with E-state index in [1.165, 1.54) is 18.9 Å². The quantitative estimate of drug-likeness (QED) is 0.792. The molecule has 1 fully saturated rings. The molecule has 0 spiro atoms. The summed E-state index contributed by atoms with van der Waals surface area (Å²) < 4.78 is 0. The topological polar surface area (TPSA) is 62.2 Å². The third-order valence-electron chi connectivity index (χ3n) is 2.99. The maximum atomic E-state index is 10.7. The van der Waals surface area contributed by atoms with Crippen LogP contribution in [0, 0.1) is 5.41 Å². The van der Waals surface area contributed by atoms with Crippen molar-refractivity contribution >= 4 is 5.97 Å². The highest BCUT2D eigenvalue weighted by Crippen LogP contribution is 2.44. The number of hydrogen-bond acceptors (Lipinski definition) is 3. The Labute approximate surface area is 94.7 Å². The van der Waals surface area contributed by atoms with Crippen molar-refractivity contribution in [3.63, 3.8) is 0 Å². The normalized spacial score (nSPS) is 17.1. The van der Waals surface area contributed by atoms with Crippen LogP contribution in [-0.2, 0) is 6.54 Å². The SMILES string of the molecule is CC1(CNCc2cccc(C(=O)O)n2)CC1. The zero-order chi connectivity index (χ0) is 11.6. The fourth-order valence-corrected chi connectivity index (χ4v) is 1.58. The van der Waals surface area contributed by atoms with E-state index in [0.29, 0.717) is 12.0 Å². The minimum atomic E-state index is -0.976. The zero-order valence-electron chi connectivity index (χ0n) is 9.36. The largest absolute Gasteiger partial charge is 0.477 e. The first-order valence-corrected chi connectivity index (χ1v) is 5.49. The summed E-state index contributed by atoms with van der Waals surface area (Å²) in [5, 5.41) is 12.1. The molecule has 0 radical (unpaired) electrons. The Morgan fingerprint density at radius 3 is 2.94 bits per heavy atom. The van der Waals surface area contributed by atoms with Gasteiger partial charge in [-0.05, 0) is 30.4 Å². The standard InChI is InChI=1S/C12H16N2O2/c1-12(5-6-12)8-13-7-9-3-2-4-10(14-9)11(15)16/h2-4,13H,5-8H2,1H3,(H,15,16). The van der Waals surface area contributed by atoms with Gasteiger partial charge >= 0.3 is 5.97 Å². The average molecular weight is 220 g/mol. The molecule has 1 heterocycles. The average Bonchev–Trinajstić information content (AvgIpc) is 2.97. The lowest BCUT2D eigenvalue weighted by Gasteiger charge is -2.09. The molecular formula is C12H16N2O2. The van der Waals surface area contributed by atoms with E-state index in [1.54, 1.807) is 6.07 Å². The van der Waals surface area contributed by atoms with E-state index in [9.17, 15) is 4.79 Å². The second-order valence-corrected chi connectivity index (χ2v) is 4.73. The summed E-state index contributed by atoms with van der Waals surface area (Å²) in [5.41, 5.74) is 1.35. The molecule has 1 aromatic rings. The van der Waals surface area contributed by atoms with Gasteiger partial charge in [0.25, 0.3) is 0 Å². The molecule has 0 saturated heterocycles. The van der Waals surface area contributed by atoms with E-state index in [2.05, 4.69) is 17.2 Å². The van der Waals surface area contributed by atoms with E-state index in [1.807, 2.05) is 6.07 Å². The maximum absolute atomic E-state index is 10.7. The summed E-state index contributed by atoms with van der Waals surface area (Å²) in [6.07, 6.45) is 2.56. The Hall–Kier alpha value is -1.42. The molecule has 0 bridgehead atoms. The van der Waals surface area contributed by atoms with Gasteiger partial charge < -0.3 is 10.4 Å². The maximum Gasteiger partial charge on any atom is 0.354 e. The van der Waals surface area contributed by atoms with Crippen LogP contribution in [-0.4, -0.2) is 22.6 Å². The second-order valence-electron chi connectivity index (χ2n) is 4.73. The molecule has 0 aliphatic heterocycles. The molecule has 0 atom stereocenters. The summed E-state index contributed by atoms with van der Waals surface area (Å²) in [5.74, 6) is -0.976. The van der Waals surface area contributed by atoms with Crippen molar-refractivity contribution in [3.05, 3.63) is 29.6 Å². The lowest BCUT2D eigenvalue weighted by Crippen LogP contribution is -2.22. The highest BCUT2D eigenvalue weighted by molar-refractivity contribution is 5.85. The smallest absolute Gasteiger partial charge is 0.354 e. The second kappa shape index (κ2) is 4.22. The lowest BCUT2D eigenvalue weighted by molar-refractivity contribution is 0.0690. The Morgan fingerprint density at radius 1 is 1.56 bits per heavy atom. The summed E-state index contributed by atoms with van der Waals surface area (Å²) in [6, 6.07) is 5.08. The predicted molar refractivity (Wildman–Crippen MR) is 60.2 cm³/mol. The van der Waals surface area contributed by atoms with Gasteiger partial charge in [0.15, 0.2) is 0 Å². The Balaban J connectivity index is 1.88. The highest BCUT2D eigenvalue weighted by Gasteiger charge is 2.36. The Kier molecular flexibility index (Phi) is 2.92. The van der Waals surface area contributed by atoms with Crippen LogP contribution in [0.3, 0.4) is 0 Å². The van der Waals surface area contributed by atoms with Crippen molar-refractivity contribution in [1.29, 1.82) is 0 Å². The number of rotatable bonds is 5. The van der Waals surface area contributed by atoms with E-state index in [0.717, 1.165) is 12.2 Å². The molecule has 1 aliphatic carbocycles. The van der Waals surface area contributed by atoms with Crippen LogP contribution < -0.4 is 5.32 Å². The molecule has 1 saturated carbocycles. The summed E-state index contributed by atoms with van der Waals surface area (Å²) >= 11 is 0. The van der Waals surface area contributed by atoms with Crippen molar-refractivity contribution < 1.29 is 9.90 Å². The van der Waals surface area contributed by atoms with Crippen molar-refractivity contribution in [3.8, 4) is 0 Å². The third kappa shape index (κ3) is 2.79. The molecule has 4 heteroatoms. The summed E-state index contributed by atoms with van der Waals surface area (Å²) in [4.78, 5) is 14.8. The first-order valence-electron chi connectivity index (χ1n) is 5.49. The van der Waals surface area contributed by atoms with Crippen molar-refractivity contribution in [1.82, 2.24) is 10.3 Å². The minimum absolute atomic E-state index is 0.108. The van der Waals surface area contributed by atoms with Gasteiger partial charge in [-0.15, -0.1) is 0 Å². The first-order chi connectivity index (χ1) is 7.59. The molecule has 0 amide bonds. The number of hydrogen-bond donors (Lipinski definition) is 2. The molecule has 16 heavy (non-hydrogen) atoms. The van der Waals surface area contributed by atoms with Gasteiger partial charge in [-0.25, -0.2) is 9.78 Å². The summed E-state index contributed by atoms with van der Waals surface area (Å²) in [6.45, 7) is 3.86. The van der Waals surface area contributed by atoms with Crippen LogP contribution in [0.1, 0.15) is 35.9 Å². The van der Waals surface area contributed by atoms with Crippen LogP contribution in [0.5, 0.6) is 0 Å². The van der Waals surface area contributed by atoms with Crippen molar-refractivity contribution in [2.75, 3.05) is 6.54 Å². The highest BCUT2D eigenvalue weighted by atomic mass is 16.4. The molecule has 86 valence electrons. The number of aromatic carboxylic acids is 1. The van der Waals surface area contributed by atoms with Gasteiger partial charge in [0.2, 0.25) is 0 Å².